The van der Waals surface area contributed by atoms with Crippen LogP contribution in [0, 0.1) is 0 Å². The predicted octanol–water partition coefficient (Wildman–Crippen LogP) is 1.58. The molecule has 34 heavy (non-hydrogen) atoms. The monoisotopic (exact) mass is 466 g/mol. The number of benzene rings is 2. The van der Waals surface area contributed by atoms with Crippen LogP contribution in [0.3, 0.4) is 0 Å². The number of piperazine rings is 1. The summed E-state index contributed by atoms with van der Waals surface area (Å²) >= 11 is 0. The van der Waals surface area contributed by atoms with E-state index in [0.717, 1.165) is 21.9 Å². The molecule has 0 spiro atoms. The Morgan fingerprint density at radius 3 is 2.65 bits per heavy atom. The van der Waals surface area contributed by atoms with Crippen molar-refractivity contribution in [2.24, 2.45) is 0 Å². The second-order valence-corrected chi connectivity index (χ2v) is 8.39. The number of fused-ring (bicyclic) bond motifs is 1. The number of urea groups is 1. The number of methoxy groups -OCH3 is 1. The third kappa shape index (κ3) is 4.30. The summed E-state index contributed by atoms with van der Waals surface area (Å²) in [6.07, 6.45) is -0.0542. The number of imide groups is 1. The quantitative estimate of drug-likeness (QED) is 0.645. The molecular formula is C24H26N4O6. The van der Waals surface area contributed by atoms with Crippen molar-refractivity contribution in [3.05, 3.63) is 48.0 Å². The molecule has 4 amide bonds. The standard InChI is InChI=1S/C24H26N4O6/c1-32-18-4-2-3-17(12-18)26-7-9-27(10-8-26)22(29)13-19-23(30)28(24(31)25-19)14-16-5-6-20-21(11-16)34-15-33-20/h2-6,11-12,19H,7-10,13-15H2,1H3,(H,25,31). The van der Waals surface area contributed by atoms with Crippen molar-refractivity contribution in [3.8, 4) is 17.2 Å². The molecule has 1 atom stereocenters. The van der Waals surface area contributed by atoms with Crippen LogP contribution in [0.2, 0.25) is 0 Å². The first-order chi connectivity index (χ1) is 16.5. The van der Waals surface area contributed by atoms with Gasteiger partial charge in [-0.1, -0.05) is 12.1 Å². The fourth-order valence-electron chi connectivity index (χ4n) is 4.41. The molecule has 5 rings (SSSR count). The number of hydrogen-bond donors (Lipinski definition) is 1. The Bertz CT molecular complexity index is 1110. The maximum atomic E-state index is 12.9. The van der Waals surface area contributed by atoms with Gasteiger partial charge >= 0.3 is 6.03 Å². The minimum atomic E-state index is -0.856. The Balaban J connectivity index is 1.15. The van der Waals surface area contributed by atoms with Crippen molar-refractivity contribution in [3.63, 3.8) is 0 Å². The summed E-state index contributed by atoms with van der Waals surface area (Å²) in [5, 5.41) is 2.65. The molecule has 0 saturated carbocycles. The highest BCUT2D eigenvalue weighted by molar-refractivity contribution is 6.05. The van der Waals surface area contributed by atoms with Crippen molar-refractivity contribution in [2.75, 3.05) is 45.0 Å². The van der Waals surface area contributed by atoms with Crippen LogP contribution in [0.4, 0.5) is 10.5 Å². The molecule has 0 aliphatic carbocycles. The van der Waals surface area contributed by atoms with Crippen LogP contribution in [0.25, 0.3) is 0 Å². The van der Waals surface area contributed by atoms with Gasteiger partial charge in [0.25, 0.3) is 5.91 Å². The van der Waals surface area contributed by atoms with Gasteiger partial charge in [0.1, 0.15) is 11.8 Å². The van der Waals surface area contributed by atoms with Crippen molar-refractivity contribution >= 4 is 23.5 Å². The first-order valence-corrected chi connectivity index (χ1v) is 11.2. The molecular weight excluding hydrogens is 440 g/mol. The molecule has 1 unspecified atom stereocenters. The highest BCUT2D eigenvalue weighted by atomic mass is 16.7. The number of ether oxygens (including phenoxy) is 3. The van der Waals surface area contributed by atoms with Crippen LogP contribution in [-0.2, 0) is 16.1 Å². The van der Waals surface area contributed by atoms with Crippen molar-refractivity contribution in [1.82, 2.24) is 15.1 Å². The van der Waals surface area contributed by atoms with Gasteiger partial charge in [0.2, 0.25) is 12.7 Å². The zero-order chi connectivity index (χ0) is 23.7. The molecule has 10 nitrogen and oxygen atoms in total. The molecule has 3 heterocycles. The van der Waals surface area contributed by atoms with Crippen LogP contribution in [0.15, 0.2) is 42.5 Å². The number of hydrogen-bond acceptors (Lipinski definition) is 7. The molecule has 10 heteroatoms. The van der Waals surface area contributed by atoms with E-state index in [1.807, 2.05) is 24.3 Å². The summed E-state index contributed by atoms with van der Waals surface area (Å²) in [6.45, 7) is 2.71. The minimum absolute atomic E-state index is 0.0542. The Morgan fingerprint density at radius 2 is 1.85 bits per heavy atom. The van der Waals surface area contributed by atoms with E-state index in [1.165, 1.54) is 0 Å². The fraction of sp³-hybridized carbons (Fsp3) is 0.375. The van der Waals surface area contributed by atoms with Gasteiger partial charge in [-0.15, -0.1) is 0 Å². The van der Waals surface area contributed by atoms with Crippen molar-refractivity contribution < 1.29 is 28.6 Å². The zero-order valence-electron chi connectivity index (χ0n) is 18.9. The van der Waals surface area contributed by atoms with Crippen molar-refractivity contribution in [2.45, 2.75) is 19.0 Å². The van der Waals surface area contributed by atoms with Crippen LogP contribution in [-0.4, -0.2) is 73.8 Å². The van der Waals surface area contributed by atoms with Crippen molar-refractivity contribution in [1.29, 1.82) is 0 Å². The molecule has 3 aliphatic rings. The van der Waals surface area contributed by atoms with E-state index in [1.54, 1.807) is 30.2 Å². The zero-order valence-corrected chi connectivity index (χ0v) is 18.9. The highest BCUT2D eigenvalue weighted by Gasteiger charge is 2.40. The van der Waals surface area contributed by atoms with E-state index in [0.29, 0.717) is 37.7 Å². The van der Waals surface area contributed by atoms with Crippen LogP contribution in [0.5, 0.6) is 17.2 Å². The first-order valence-electron chi connectivity index (χ1n) is 11.2. The molecule has 2 fully saturated rings. The maximum Gasteiger partial charge on any atom is 0.325 e. The van der Waals surface area contributed by atoms with E-state index in [-0.39, 0.29) is 25.7 Å². The molecule has 2 aromatic rings. The summed E-state index contributed by atoms with van der Waals surface area (Å²) in [7, 11) is 1.63. The van der Waals surface area contributed by atoms with Gasteiger partial charge in [-0.3, -0.25) is 14.5 Å². The smallest absolute Gasteiger partial charge is 0.325 e. The normalized spacial score (nSPS) is 19.4. The Hall–Kier alpha value is -3.95. The number of nitrogens with zero attached hydrogens (tertiary/aromatic N) is 3. The molecule has 178 valence electrons. The second kappa shape index (κ2) is 9.12. The van der Waals surface area contributed by atoms with Gasteiger partial charge in [0.15, 0.2) is 11.5 Å². The van der Waals surface area contributed by atoms with Gasteiger partial charge in [-0.25, -0.2) is 4.79 Å². The number of nitrogens with one attached hydrogen (secondary N) is 1. The predicted molar refractivity (Wildman–Crippen MR) is 122 cm³/mol. The lowest BCUT2D eigenvalue weighted by atomic mass is 10.1. The summed E-state index contributed by atoms with van der Waals surface area (Å²) in [6, 6.07) is 11.8. The topological polar surface area (TPSA) is 101 Å². The molecule has 1 N–H and O–H groups in total. The van der Waals surface area contributed by atoms with E-state index in [2.05, 4.69) is 10.2 Å². The van der Waals surface area contributed by atoms with Gasteiger partial charge in [0, 0.05) is 37.9 Å². The maximum absolute atomic E-state index is 12.9. The molecule has 2 saturated heterocycles. The molecule has 2 aromatic carbocycles. The van der Waals surface area contributed by atoms with Crippen LogP contribution in [0.1, 0.15) is 12.0 Å². The van der Waals surface area contributed by atoms with E-state index >= 15 is 0 Å². The summed E-state index contributed by atoms with van der Waals surface area (Å²) in [5.74, 6) is 1.47. The lowest BCUT2D eigenvalue weighted by molar-refractivity contribution is -0.136. The Kier molecular flexibility index (Phi) is 5.87. The minimum Gasteiger partial charge on any atom is -0.497 e. The number of anilines is 1. The van der Waals surface area contributed by atoms with Gasteiger partial charge in [-0.2, -0.15) is 0 Å². The number of amides is 4. The largest absolute Gasteiger partial charge is 0.497 e. The lowest BCUT2D eigenvalue weighted by Gasteiger charge is -2.36. The summed E-state index contributed by atoms with van der Waals surface area (Å²) < 4.78 is 15.9. The van der Waals surface area contributed by atoms with Gasteiger partial charge < -0.3 is 29.3 Å². The Morgan fingerprint density at radius 1 is 1.06 bits per heavy atom. The number of carbonyl (C=O) groups excluding carboxylic acids is 3. The van der Waals surface area contributed by atoms with E-state index in [9.17, 15) is 14.4 Å². The van der Waals surface area contributed by atoms with E-state index < -0.39 is 18.0 Å². The molecule has 0 radical (unpaired) electrons. The lowest BCUT2D eigenvalue weighted by Crippen LogP contribution is -2.50. The Labute approximate surface area is 197 Å². The third-order valence-corrected chi connectivity index (χ3v) is 6.31. The molecule has 0 bridgehead atoms. The fourth-order valence-corrected chi connectivity index (χ4v) is 4.41. The third-order valence-electron chi connectivity index (χ3n) is 6.31. The highest BCUT2D eigenvalue weighted by Crippen LogP contribution is 2.33. The number of carbonyl (C=O) groups is 3. The van der Waals surface area contributed by atoms with Crippen LogP contribution >= 0.6 is 0 Å². The average molecular weight is 466 g/mol. The van der Waals surface area contributed by atoms with Crippen LogP contribution < -0.4 is 24.4 Å². The first kappa shape index (κ1) is 21.9. The summed E-state index contributed by atoms with van der Waals surface area (Å²) in [4.78, 5) is 43.3. The summed E-state index contributed by atoms with van der Waals surface area (Å²) in [5.41, 5.74) is 1.79. The van der Waals surface area contributed by atoms with E-state index in [4.69, 9.17) is 14.2 Å². The average Bonchev–Trinajstić information content (AvgIpc) is 3.43. The number of rotatable bonds is 6. The molecule has 0 aromatic heterocycles. The second-order valence-electron chi connectivity index (χ2n) is 8.39. The van der Waals surface area contributed by atoms with Gasteiger partial charge in [0.05, 0.1) is 20.1 Å². The molecule has 3 aliphatic heterocycles. The SMILES string of the molecule is COc1cccc(N2CCN(C(=O)CC3NC(=O)N(Cc4ccc5c(c4)OCO5)C3=O)CC2)c1. The van der Waals surface area contributed by atoms with Gasteiger partial charge in [-0.05, 0) is 29.8 Å².